The number of amides is 2. The fraction of sp³-hybridized carbons (Fsp3) is 0.417. The molecule has 7 nitrogen and oxygen atoms in total. The Kier molecular flexibility index (Phi) is 7.36. The number of nitrogens with zero attached hydrogens (tertiary/aromatic N) is 1. The quantitative estimate of drug-likeness (QED) is 0.652. The summed E-state index contributed by atoms with van der Waals surface area (Å²) in [6.07, 6.45) is 2.22. The number of benzene rings is 2. The highest BCUT2D eigenvalue weighted by Crippen LogP contribution is 2.30. The molecule has 1 atom stereocenters. The normalized spacial score (nSPS) is 16.7. The second kappa shape index (κ2) is 9.83. The molecule has 1 aliphatic rings. The van der Waals surface area contributed by atoms with Crippen LogP contribution in [0, 0.1) is 20.8 Å². The van der Waals surface area contributed by atoms with Gasteiger partial charge in [0.25, 0.3) is 0 Å². The molecule has 0 unspecified atom stereocenters. The molecule has 1 fully saturated rings. The summed E-state index contributed by atoms with van der Waals surface area (Å²) in [6, 6.07) is 10.6. The summed E-state index contributed by atoms with van der Waals surface area (Å²) >= 11 is 0. The summed E-state index contributed by atoms with van der Waals surface area (Å²) in [4.78, 5) is 24.9. The number of aryl methyl sites for hydroxylation is 4. The number of hydrogen-bond donors (Lipinski definition) is 2. The molecule has 8 heteroatoms. The molecule has 2 N–H and O–H groups in total. The third-order valence-corrected chi connectivity index (χ3v) is 8.08. The Labute approximate surface area is 190 Å². The summed E-state index contributed by atoms with van der Waals surface area (Å²) in [7, 11) is -3.71. The summed E-state index contributed by atoms with van der Waals surface area (Å²) in [5.41, 5.74) is 4.11. The molecule has 172 valence electrons. The van der Waals surface area contributed by atoms with Crippen molar-refractivity contribution in [2.24, 2.45) is 0 Å². The molecule has 1 aliphatic heterocycles. The van der Waals surface area contributed by atoms with Crippen LogP contribution in [0.4, 0.5) is 5.69 Å². The lowest BCUT2D eigenvalue weighted by Gasteiger charge is -2.26. The van der Waals surface area contributed by atoms with E-state index < -0.39 is 21.8 Å². The van der Waals surface area contributed by atoms with Crippen LogP contribution in [0.5, 0.6) is 0 Å². The van der Waals surface area contributed by atoms with Crippen molar-refractivity contribution >= 4 is 27.5 Å². The molecule has 0 bridgehead atoms. The standard InChI is InChI=1S/C24H31N3O4S/c1-5-19-8-10-20(11-9-19)26-24(29)23(28)25-15-21-7-6-12-27(21)32(30,31)22-17(3)13-16(2)14-18(22)4/h8-11,13-14,21H,5-7,12,15H2,1-4H3,(H,25,28)(H,26,29)/t21-/m0/s1. The lowest BCUT2D eigenvalue weighted by molar-refractivity contribution is -0.136. The van der Waals surface area contributed by atoms with Crippen molar-refractivity contribution in [1.82, 2.24) is 9.62 Å². The molecule has 0 saturated carbocycles. The van der Waals surface area contributed by atoms with Crippen LogP contribution in [0.3, 0.4) is 0 Å². The molecule has 0 aromatic heterocycles. The number of rotatable bonds is 6. The van der Waals surface area contributed by atoms with Gasteiger partial charge in [-0.05, 0) is 68.9 Å². The highest BCUT2D eigenvalue weighted by atomic mass is 32.2. The van der Waals surface area contributed by atoms with Crippen molar-refractivity contribution in [3.63, 3.8) is 0 Å². The molecule has 2 aromatic rings. The van der Waals surface area contributed by atoms with Gasteiger partial charge in [0.2, 0.25) is 10.0 Å². The first kappa shape index (κ1) is 23.9. The molecule has 2 aromatic carbocycles. The fourth-order valence-electron chi connectivity index (χ4n) is 4.32. The van der Waals surface area contributed by atoms with Crippen molar-refractivity contribution in [3.05, 3.63) is 58.7 Å². The van der Waals surface area contributed by atoms with Gasteiger partial charge in [-0.2, -0.15) is 4.31 Å². The van der Waals surface area contributed by atoms with Crippen LogP contribution in [0.25, 0.3) is 0 Å². The number of sulfonamides is 1. The van der Waals surface area contributed by atoms with Crippen molar-refractivity contribution in [3.8, 4) is 0 Å². The van der Waals surface area contributed by atoms with E-state index in [1.54, 1.807) is 26.0 Å². The van der Waals surface area contributed by atoms with Gasteiger partial charge >= 0.3 is 11.8 Å². The maximum absolute atomic E-state index is 13.4. The smallest absolute Gasteiger partial charge is 0.313 e. The zero-order valence-electron chi connectivity index (χ0n) is 19.1. The van der Waals surface area contributed by atoms with E-state index in [-0.39, 0.29) is 12.6 Å². The van der Waals surface area contributed by atoms with Gasteiger partial charge in [-0.3, -0.25) is 9.59 Å². The van der Waals surface area contributed by atoms with Crippen LogP contribution in [-0.4, -0.2) is 43.7 Å². The molecule has 0 radical (unpaired) electrons. The predicted octanol–water partition coefficient (Wildman–Crippen LogP) is 3.08. The third-order valence-electron chi connectivity index (χ3n) is 5.82. The SMILES string of the molecule is CCc1ccc(NC(=O)C(=O)NC[C@@H]2CCCN2S(=O)(=O)c2c(C)cc(C)cc2C)cc1. The Bertz CT molecular complexity index is 1090. The molecular formula is C24H31N3O4S. The van der Waals surface area contributed by atoms with Gasteiger partial charge in [-0.1, -0.05) is 36.8 Å². The van der Waals surface area contributed by atoms with Crippen LogP contribution >= 0.6 is 0 Å². The molecule has 0 aliphatic carbocycles. The van der Waals surface area contributed by atoms with E-state index in [0.717, 1.165) is 17.5 Å². The molecule has 0 spiro atoms. The van der Waals surface area contributed by atoms with Crippen molar-refractivity contribution in [2.45, 2.75) is 57.9 Å². The Hall–Kier alpha value is -2.71. The van der Waals surface area contributed by atoms with Crippen molar-refractivity contribution in [2.75, 3.05) is 18.4 Å². The summed E-state index contributed by atoms with van der Waals surface area (Å²) in [6.45, 7) is 8.06. The third kappa shape index (κ3) is 5.19. The fourth-order valence-corrected chi connectivity index (χ4v) is 6.43. The minimum absolute atomic E-state index is 0.0875. The van der Waals surface area contributed by atoms with Gasteiger partial charge < -0.3 is 10.6 Å². The number of hydrogen-bond acceptors (Lipinski definition) is 4. The summed E-state index contributed by atoms with van der Waals surface area (Å²) in [5, 5.41) is 5.18. The Morgan fingerprint density at radius 1 is 1.03 bits per heavy atom. The first-order valence-electron chi connectivity index (χ1n) is 10.9. The summed E-state index contributed by atoms with van der Waals surface area (Å²) < 4.78 is 28.3. The number of carbonyl (C=O) groups excluding carboxylic acids is 2. The number of carbonyl (C=O) groups is 2. The van der Waals surface area contributed by atoms with E-state index in [1.165, 1.54) is 4.31 Å². The van der Waals surface area contributed by atoms with E-state index in [1.807, 2.05) is 38.1 Å². The minimum Gasteiger partial charge on any atom is -0.346 e. The van der Waals surface area contributed by atoms with Crippen LogP contribution in [0.15, 0.2) is 41.3 Å². The highest BCUT2D eigenvalue weighted by Gasteiger charge is 2.37. The minimum atomic E-state index is -3.71. The number of nitrogens with one attached hydrogen (secondary N) is 2. The van der Waals surface area contributed by atoms with Crippen molar-refractivity contribution in [1.29, 1.82) is 0 Å². The summed E-state index contributed by atoms with van der Waals surface area (Å²) in [5.74, 6) is -1.55. The molecule has 3 rings (SSSR count). The van der Waals surface area contributed by atoms with Gasteiger partial charge in [-0.25, -0.2) is 8.42 Å². The van der Waals surface area contributed by atoms with Crippen LogP contribution in [-0.2, 0) is 26.0 Å². The van der Waals surface area contributed by atoms with Crippen LogP contribution < -0.4 is 10.6 Å². The molecule has 1 heterocycles. The monoisotopic (exact) mass is 457 g/mol. The van der Waals surface area contributed by atoms with E-state index in [2.05, 4.69) is 10.6 Å². The van der Waals surface area contributed by atoms with E-state index in [0.29, 0.717) is 41.1 Å². The Morgan fingerprint density at radius 2 is 1.66 bits per heavy atom. The Morgan fingerprint density at radius 3 is 2.25 bits per heavy atom. The Balaban J connectivity index is 1.65. The molecular weight excluding hydrogens is 426 g/mol. The first-order valence-corrected chi connectivity index (χ1v) is 12.3. The van der Waals surface area contributed by atoms with Crippen LogP contribution in [0.1, 0.15) is 42.0 Å². The van der Waals surface area contributed by atoms with E-state index in [4.69, 9.17) is 0 Å². The van der Waals surface area contributed by atoms with Gasteiger partial charge in [0.05, 0.1) is 4.90 Å². The highest BCUT2D eigenvalue weighted by molar-refractivity contribution is 7.89. The van der Waals surface area contributed by atoms with Gasteiger partial charge in [-0.15, -0.1) is 0 Å². The van der Waals surface area contributed by atoms with Gasteiger partial charge in [0.15, 0.2) is 0 Å². The average Bonchev–Trinajstić information content (AvgIpc) is 3.21. The second-order valence-electron chi connectivity index (χ2n) is 8.35. The lowest BCUT2D eigenvalue weighted by atomic mass is 10.1. The lowest BCUT2D eigenvalue weighted by Crippen LogP contribution is -2.45. The molecule has 1 saturated heterocycles. The van der Waals surface area contributed by atoms with Crippen LogP contribution in [0.2, 0.25) is 0 Å². The number of anilines is 1. The second-order valence-corrected chi connectivity index (χ2v) is 10.2. The maximum Gasteiger partial charge on any atom is 0.313 e. The van der Waals surface area contributed by atoms with Gasteiger partial charge in [0, 0.05) is 24.8 Å². The van der Waals surface area contributed by atoms with E-state index >= 15 is 0 Å². The molecule has 32 heavy (non-hydrogen) atoms. The average molecular weight is 458 g/mol. The van der Waals surface area contributed by atoms with E-state index in [9.17, 15) is 18.0 Å². The van der Waals surface area contributed by atoms with Crippen molar-refractivity contribution < 1.29 is 18.0 Å². The maximum atomic E-state index is 13.4. The predicted molar refractivity (Wildman–Crippen MR) is 125 cm³/mol. The first-order chi connectivity index (χ1) is 15.1. The zero-order valence-corrected chi connectivity index (χ0v) is 19.9. The topological polar surface area (TPSA) is 95.6 Å². The molecule has 2 amide bonds. The largest absolute Gasteiger partial charge is 0.346 e. The zero-order chi connectivity index (χ0) is 23.5. The van der Waals surface area contributed by atoms with Gasteiger partial charge in [0.1, 0.15) is 0 Å².